The van der Waals surface area contributed by atoms with E-state index in [1.807, 2.05) is 30.3 Å². The second kappa shape index (κ2) is 10.9. The van der Waals surface area contributed by atoms with Crippen LogP contribution in [0.15, 0.2) is 164 Å². The molecule has 0 bridgehead atoms. The average Bonchev–Trinajstić information content (AvgIpc) is 3.86. The van der Waals surface area contributed by atoms with Crippen LogP contribution in [-0.2, 0) is 0 Å². The van der Waals surface area contributed by atoms with E-state index < -0.39 is 0 Å². The molecule has 0 amide bonds. The van der Waals surface area contributed by atoms with Crippen molar-refractivity contribution >= 4 is 76.2 Å². The molecule has 11 aromatic rings. The van der Waals surface area contributed by atoms with Crippen molar-refractivity contribution in [3.63, 3.8) is 0 Å². The Morgan fingerprint density at radius 2 is 0.868 bits per heavy atom. The van der Waals surface area contributed by atoms with E-state index in [0.717, 1.165) is 81.9 Å². The molecular weight excluding hydrogens is 647 g/mol. The molecule has 0 saturated carbocycles. The van der Waals surface area contributed by atoms with Crippen LogP contribution in [0.5, 0.6) is 0 Å². The first-order chi connectivity index (χ1) is 26.2. The van der Waals surface area contributed by atoms with E-state index >= 15 is 0 Å². The van der Waals surface area contributed by atoms with Gasteiger partial charge in [0.2, 0.25) is 0 Å². The van der Waals surface area contributed by atoms with Gasteiger partial charge in [-0.2, -0.15) is 10.5 Å². The molecule has 5 heteroatoms. The number of para-hydroxylation sites is 4. The van der Waals surface area contributed by atoms with Gasteiger partial charge in [-0.1, -0.05) is 109 Å². The fraction of sp³-hybridized carbons (Fsp3) is 0. The number of benzene rings is 8. The van der Waals surface area contributed by atoms with Crippen LogP contribution in [0.25, 0.3) is 93.3 Å². The minimum Gasteiger partial charge on any atom is -0.309 e. The van der Waals surface area contributed by atoms with Gasteiger partial charge in [0.15, 0.2) is 0 Å². The number of fused-ring (bicyclic) bond motifs is 12. The van der Waals surface area contributed by atoms with Gasteiger partial charge in [0.1, 0.15) is 12.1 Å². The highest BCUT2D eigenvalue weighted by Gasteiger charge is 2.24. The number of nitrogens with zero attached hydrogens (tertiary/aromatic N) is 5. The molecule has 8 aromatic carbocycles. The Labute approximate surface area is 303 Å². The monoisotopic (exact) mass is 673 g/mol. The van der Waals surface area contributed by atoms with Gasteiger partial charge in [0.25, 0.3) is 0 Å². The summed E-state index contributed by atoms with van der Waals surface area (Å²) < 4.78 is 6.67. The van der Waals surface area contributed by atoms with Crippen LogP contribution in [0.1, 0.15) is 11.1 Å². The number of hydrogen-bond acceptors (Lipinski definition) is 2. The van der Waals surface area contributed by atoms with Crippen LogP contribution in [0.2, 0.25) is 0 Å². The minimum atomic E-state index is 0.483. The maximum absolute atomic E-state index is 11.0. The minimum absolute atomic E-state index is 0.483. The van der Waals surface area contributed by atoms with Crippen molar-refractivity contribution in [3.05, 3.63) is 175 Å². The Morgan fingerprint density at radius 1 is 0.358 bits per heavy atom. The molecule has 3 heterocycles. The molecule has 11 rings (SSSR count). The zero-order valence-electron chi connectivity index (χ0n) is 28.3. The summed E-state index contributed by atoms with van der Waals surface area (Å²) in [6, 6.07) is 61.6. The van der Waals surface area contributed by atoms with Crippen LogP contribution in [0, 0.1) is 22.7 Å². The Morgan fingerprint density at radius 3 is 1.57 bits per heavy atom. The largest absolute Gasteiger partial charge is 0.309 e. The molecule has 0 N–H and O–H groups in total. The molecular formula is C48H27N5. The molecule has 0 atom stereocenters. The molecule has 5 nitrogen and oxygen atoms in total. The number of rotatable bonds is 3. The Bertz CT molecular complexity index is 3420. The third-order valence-electron chi connectivity index (χ3n) is 10.9. The van der Waals surface area contributed by atoms with Crippen molar-refractivity contribution in [3.8, 4) is 29.2 Å². The van der Waals surface area contributed by atoms with E-state index in [-0.39, 0.29) is 0 Å². The average molecular weight is 674 g/mol. The predicted molar refractivity (Wildman–Crippen MR) is 216 cm³/mol. The maximum atomic E-state index is 11.0. The van der Waals surface area contributed by atoms with Gasteiger partial charge in [0, 0.05) is 38.0 Å². The summed E-state index contributed by atoms with van der Waals surface area (Å²) in [4.78, 5) is 0. The molecule has 0 saturated heterocycles. The highest BCUT2D eigenvalue weighted by atomic mass is 15.0. The lowest BCUT2D eigenvalue weighted by molar-refractivity contribution is 1.13. The first kappa shape index (κ1) is 29.2. The van der Waals surface area contributed by atoms with Crippen LogP contribution < -0.4 is 0 Å². The van der Waals surface area contributed by atoms with Crippen LogP contribution in [-0.4, -0.2) is 13.7 Å². The normalized spacial score (nSPS) is 11.7. The lowest BCUT2D eigenvalue weighted by Crippen LogP contribution is -2.04. The molecule has 0 aliphatic heterocycles. The quantitative estimate of drug-likeness (QED) is 0.187. The summed E-state index contributed by atoms with van der Waals surface area (Å²) >= 11 is 0. The van der Waals surface area contributed by atoms with Crippen molar-refractivity contribution in [2.75, 3.05) is 0 Å². The van der Waals surface area contributed by atoms with Crippen molar-refractivity contribution in [1.82, 2.24) is 13.7 Å². The summed E-state index contributed by atoms with van der Waals surface area (Å²) in [6.45, 7) is 0. The topological polar surface area (TPSA) is 62.4 Å². The Hall–Kier alpha value is -7.60. The van der Waals surface area contributed by atoms with E-state index in [0.29, 0.717) is 22.5 Å². The molecule has 0 aliphatic carbocycles. The second-order valence-electron chi connectivity index (χ2n) is 13.5. The maximum Gasteiger partial charge on any atom is 0.101 e. The molecule has 3 aromatic heterocycles. The third kappa shape index (κ3) is 3.94. The summed E-state index contributed by atoms with van der Waals surface area (Å²) in [5.41, 5.74) is 9.53. The molecule has 53 heavy (non-hydrogen) atoms. The van der Waals surface area contributed by atoms with E-state index in [4.69, 9.17) is 0 Å². The SMILES string of the molecule is N#Cc1cc(-n2c3ccccc3c3ccc4c(c5ccccc5n4-c4ccccc4)c32)c(C#N)cc1-n1c2ccccc2c2c3ccccc3ccc21. The smallest absolute Gasteiger partial charge is 0.101 e. The van der Waals surface area contributed by atoms with Gasteiger partial charge >= 0.3 is 0 Å². The van der Waals surface area contributed by atoms with E-state index in [1.54, 1.807) is 0 Å². The van der Waals surface area contributed by atoms with E-state index in [2.05, 4.69) is 159 Å². The molecule has 0 radical (unpaired) electrons. The standard InChI is InChI=1S/C48H27N5/c49-28-31-27-45(32(29-50)26-44(31)52-41-21-11-7-17-37(41)46-34-15-5-4-12-30(34)22-24-42(46)52)53-39-19-9-6-16-35(39)36-23-25-43-47(48(36)53)38-18-8-10-20-40(38)51(43)33-13-2-1-3-14-33/h1-27H. The molecule has 0 unspecified atom stereocenters. The molecule has 0 fully saturated rings. The van der Waals surface area contributed by atoms with Crippen molar-refractivity contribution in [1.29, 1.82) is 10.5 Å². The number of aromatic nitrogens is 3. The summed E-state index contributed by atoms with van der Waals surface area (Å²) in [6.07, 6.45) is 0. The van der Waals surface area contributed by atoms with Crippen molar-refractivity contribution in [2.24, 2.45) is 0 Å². The summed E-state index contributed by atoms with van der Waals surface area (Å²) in [7, 11) is 0. The Balaban J connectivity index is 1.27. The van der Waals surface area contributed by atoms with Crippen molar-refractivity contribution in [2.45, 2.75) is 0 Å². The number of hydrogen-bond donors (Lipinski definition) is 0. The Kier molecular flexibility index (Phi) is 6.02. The highest BCUT2D eigenvalue weighted by molar-refractivity contribution is 6.26. The van der Waals surface area contributed by atoms with Gasteiger partial charge < -0.3 is 13.7 Å². The summed E-state index contributed by atoms with van der Waals surface area (Å²) in [5, 5.41) is 30.8. The van der Waals surface area contributed by atoms with Crippen molar-refractivity contribution < 1.29 is 0 Å². The van der Waals surface area contributed by atoms with Gasteiger partial charge in [-0.25, -0.2) is 0 Å². The zero-order valence-corrected chi connectivity index (χ0v) is 28.3. The fourth-order valence-electron chi connectivity index (χ4n) is 8.74. The first-order valence-electron chi connectivity index (χ1n) is 17.7. The molecule has 0 spiro atoms. The van der Waals surface area contributed by atoms with Crippen LogP contribution in [0.4, 0.5) is 0 Å². The lowest BCUT2D eigenvalue weighted by Gasteiger charge is -2.16. The number of nitriles is 2. The first-order valence-corrected chi connectivity index (χ1v) is 17.7. The van der Waals surface area contributed by atoms with E-state index in [1.165, 1.54) is 0 Å². The van der Waals surface area contributed by atoms with Gasteiger partial charge in [-0.05, 0) is 65.4 Å². The third-order valence-corrected chi connectivity index (χ3v) is 10.9. The lowest BCUT2D eigenvalue weighted by atomic mass is 10.0. The highest BCUT2D eigenvalue weighted by Crippen LogP contribution is 2.44. The fourth-order valence-corrected chi connectivity index (χ4v) is 8.74. The molecule has 0 aliphatic rings. The predicted octanol–water partition coefficient (Wildman–Crippen LogP) is 11.9. The zero-order chi connectivity index (χ0) is 35.2. The van der Waals surface area contributed by atoms with E-state index in [9.17, 15) is 10.5 Å². The van der Waals surface area contributed by atoms with Crippen LogP contribution in [0.3, 0.4) is 0 Å². The second-order valence-corrected chi connectivity index (χ2v) is 13.5. The van der Waals surface area contributed by atoms with Gasteiger partial charge in [-0.3, -0.25) is 0 Å². The van der Waals surface area contributed by atoms with Gasteiger partial charge in [-0.15, -0.1) is 0 Å². The summed E-state index contributed by atoms with van der Waals surface area (Å²) in [5.74, 6) is 0. The van der Waals surface area contributed by atoms with Gasteiger partial charge in [0.05, 0.1) is 55.6 Å². The van der Waals surface area contributed by atoms with Crippen LogP contribution >= 0.6 is 0 Å². The molecule has 244 valence electrons.